The molecule has 0 heterocycles. The first kappa shape index (κ1) is 9.45. The van der Waals surface area contributed by atoms with Crippen molar-refractivity contribution >= 4 is 5.97 Å². The van der Waals surface area contributed by atoms with Crippen molar-refractivity contribution in [3.63, 3.8) is 0 Å². The van der Waals surface area contributed by atoms with Gasteiger partial charge in [0.05, 0.1) is 0 Å². The second-order valence-corrected chi connectivity index (χ2v) is 1.82. The molecule has 1 aromatic carbocycles. The highest BCUT2D eigenvalue weighted by Gasteiger charge is 2.05. The lowest BCUT2D eigenvalue weighted by molar-refractivity contribution is 0.0694. The summed E-state index contributed by atoms with van der Waals surface area (Å²) in [6.45, 7) is 0. The van der Waals surface area contributed by atoms with Crippen molar-refractivity contribution in [2.24, 2.45) is 0 Å². The van der Waals surface area contributed by atoms with Gasteiger partial charge in [-0.1, -0.05) is 12.1 Å². The lowest BCUT2D eigenvalue weighted by Gasteiger charge is -1.95. The maximum absolute atomic E-state index is 10.3. The second-order valence-electron chi connectivity index (χ2n) is 1.82. The predicted octanol–water partition coefficient (Wildman–Crippen LogP) is 0.266. The molecule has 0 bridgehead atoms. The number of phenols is 1. The summed E-state index contributed by atoms with van der Waals surface area (Å²) in [7, 11) is 0. The van der Waals surface area contributed by atoms with Gasteiger partial charge in [0.25, 0.3) is 0 Å². The third-order valence-electron chi connectivity index (χ3n) is 1.13. The van der Waals surface area contributed by atoms with Crippen molar-refractivity contribution in [1.29, 1.82) is 0 Å². The molecule has 1 aromatic rings. The van der Waals surface area contributed by atoms with Gasteiger partial charge in [0.2, 0.25) is 0 Å². The van der Waals surface area contributed by atoms with Crippen LogP contribution in [-0.2, 0) is 0 Å². The fourth-order valence-electron chi connectivity index (χ4n) is 0.654. The summed E-state index contributed by atoms with van der Waals surface area (Å²) in [5.41, 5.74) is -0.0671. The summed E-state index contributed by atoms with van der Waals surface area (Å²) < 4.78 is 0. The molecule has 0 amide bonds. The van der Waals surface area contributed by atoms with Crippen LogP contribution in [0.15, 0.2) is 24.3 Å². The van der Waals surface area contributed by atoms with E-state index in [1.54, 1.807) is 12.1 Å². The highest BCUT2D eigenvalue weighted by atomic mass is 16.4. The van der Waals surface area contributed by atoms with Crippen LogP contribution in [-0.4, -0.2) is 21.7 Å². The van der Waals surface area contributed by atoms with E-state index < -0.39 is 5.97 Å². The van der Waals surface area contributed by atoms with Gasteiger partial charge in [0.15, 0.2) is 0 Å². The Morgan fingerprint density at radius 2 is 1.82 bits per heavy atom. The van der Waals surface area contributed by atoms with Crippen LogP contribution < -0.4 is 0 Å². The van der Waals surface area contributed by atoms with Crippen LogP contribution in [0.25, 0.3) is 0 Å². The van der Waals surface area contributed by atoms with Gasteiger partial charge in [0.1, 0.15) is 11.3 Å². The Hall–Kier alpha value is -1.55. The molecule has 0 aliphatic rings. The van der Waals surface area contributed by atoms with E-state index in [4.69, 9.17) is 10.2 Å². The number of aromatic carboxylic acids is 1. The molecular formula is C7H8O4. The van der Waals surface area contributed by atoms with E-state index in [9.17, 15) is 4.79 Å². The molecule has 0 fully saturated rings. The van der Waals surface area contributed by atoms with Crippen LogP contribution in [0.2, 0.25) is 0 Å². The number of carboxylic acid groups (broad SMARTS) is 1. The van der Waals surface area contributed by atoms with Gasteiger partial charge in [-0.25, -0.2) is 4.79 Å². The average Bonchev–Trinajstić information content (AvgIpc) is 1.88. The molecule has 11 heavy (non-hydrogen) atoms. The Labute approximate surface area is 63.0 Å². The maximum atomic E-state index is 10.3. The monoisotopic (exact) mass is 156 g/mol. The summed E-state index contributed by atoms with van der Waals surface area (Å²) in [4.78, 5) is 10.3. The van der Waals surface area contributed by atoms with E-state index in [-0.39, 0.29) is 16.8 Å². The number of hydrogen-bond acceptors (Lipinski definition) is 2. The zero-order valence-corrected chi connectivity index (χ0v) is 5.61. The standard InChI is InChI=1S/C7H6O3.H2O/c8-6-4-2-1-3-5(6)7(9)10;/h1-4,8H,(H,9,10);1H2. The molecule has 0 saturated carbocycles. The van der Waals surface area contributed by atoms with Crippen molar-refractivity contribution in [1.82, 2.24) is 0 Å². The molecule has 0 radical (unpaired) electrons. The smallest absolute Gasteiger partial charge is 0.339 e. The quantitative estimate of drug-likeness (QED) is 0.611. The normalized spacial score (nSPS) is 8.36. The van der Waals surface area contributed by atoms with Gasteiger partial charge in [0, 0.05) is 0 Å². The highest BCUT2D eigenvalue weighted by molar-refractivity contribution is 5.90. The van der Waals surface area contributed by atoms with Crippen molar-refractivity contribution in [3.05, 3.63) is 29.8 Å². The number of aromatic hydroxyl groups is 1. The van der Waals surface area contributed by atoms with Crippen molar-refractivity contribution in [2.45, 2.75) is 0 Å². The number of rotatable bonds is 1. The minimum Gasteiger partial charge on any atom is -0.507 e. The van der Waals surface area contributed by atoms with Crippen LogP contribution in [0.5, 0.6) is 5.75 Å². The van der Waals surface area contributed by atoms with E-state index in [1.807, 2.05) is 0 Å². The molecule has 4 nitrogen and oxygen atoms in total. The molecule has 0 aliphatic heterocycles. The first-order valence-corrected chi connectivity index (χ1v) is 2.73. The van der Waals surface area contributed by atoms with E-state index >= 15 is 0 Å². The van der Waals surface area contributed by atoms with E-state index in [2.05, 4.69) is 0 Å². The summed E-state index contributed by atoms with van der Waals surface area (Å²) >= 11 is 0. The number of para-hydroxylation sites is 1. The molecular weight excluding hydrogens is 148 g/mol. The molecule has 0 aromatic heterocycles. The molecule has 0 spiro atoms. The molecule has 0 aliphatic carbocycles. The molecule has 0 atom stereocenters. The Bertz CT molecular complexity index is 256. The van der Waals surface area contributed by atoms with Gasteiger partial charge < -0.3 is 15.7 Å². The molecule has 0 saturated heterocycles. The van der Waals surface area contributed by atoms with Crippen molar-refractivity contribution < 1.29 is 20.5 Å². The van der Waals surface area contributed by atoms with Crippen LogP contribution in [0.3, 0.4) is 0 Å². The lowest BCUT2D eigenvalue weighted by Crippen LogP contribution is -1.95. The summed E-state index contributed by atoms with van der Waals surface area (Å²) in [5, 5.41) is 17.3. The molecule has 60 valence electrons. The fourth-order valence-corrected chi connectivity index (χ4v) is 0.654. The minimum absolute atomic E-state index is 0. The van der Waals surface area contributed by atoms with Crippen LogP contribution in [0, 0.1) is 0 Å². The van der Waals surface area contributed by atoms with Crippen LogP contribution in [0.1, 0.15) is 10.4 Å². The third kappa shape index (κ3) is 1.94. The van der Waals surface area contributed by atoms with E-state index in [0.717, 1.165) is 0 Å². The fraction of sp³-hybridized carbons (Fsp3) is 0. The topological polar surface area (TPSA) is 89.0 Å². The van der Waals surface area contributed by atoms with Gasteiger partial charge in [-0.2, -0.15) is 0 Å². The Balaban J connectivity index is 0.000001000. The van der Waals surface area contributed by atoms with E-state index in [1.165, 1.54) is 12.1 Å². The van der Waals surface area contributed by atoms with E-state index in [0.29, 0.717) is 0 Å². The lowest BCUT2D eigenvalue weighted by atomic mass is 10.2. The van der Waals surface area contributed by atoms with Gasteiger partial charge in [-0.15, -0.1) is 0 Å². The zero-order chi connectivity index (χ0) is 7.56. The average molecular weight is 156 g/mol. The second kappa shape index (κ2) is 3.58. The first-order chi connectivity index (χ1) is 4.72. The minimum atomic E-state index is -1.11. The molecule has 4 heteroatoms. The Morgan fingerprint density at radius 3 is 2.18 bits per heavy atom. The zero-order valence-electron chi connectivity index (χ0n) is 5.61. The molecule has 4 N–H and O–H groups in total. The predicted molar refractivity (Wildman–Crippen MR) is 38.7 cm³/mol. The Kier molecular flexibility index (Phi) is 3.07. The SMILES string of the molecule is O.O=C(O)c1ccccc1O. The number of hydrogen-bond donors (Lipinski definition) is 2. The first-order valence-electron chi connectivity index (χ1n) is 2.73. The van der Waals surface area contributed by atoms with Gasteiger partial charge in [-0.3, -0.25) is 0 Å². The molecule has 1 rings (SSSR count). The maximum Gasteiger partial charge on any atom is 0.339 e. The molecule has 0 unspecified atom stereocenters. The Morgan fingerprint density at radius 1 is 1.27 bits per heavy atom. The largest absolute Gasteiger partial charge is 0.507 e. The van der Waals surface area contributed by atoms with Crippen molar-refractivity contribution in [3.8, 4) is 5.75 Å². The van der Waals surface area contributed by atoms with Crippen molar-refractivity contribution in [2.75, 3.05) is 0 Å². The number of carbonyl (C=O) groups is 1. The third-order valence-corrected chi connectivity index (χ3v) is 1.13. The van der Waals surface area contributed by atoms with Gasteiger partial charge in [-0.05, 0) is 12.1 Å². The van der Waals surface area contributed by atoms with Crippen LogP contribution >= 0.6 is 0 Å². The summed E-state index contributed by atoms with van der Waals surface area (Å²) in [6.07, 6.45) is 0. The number of benzene rings is 1. The summed E-state index contributed by atoms with van der Waals surface area (Å²) in [5.74, 6) is -1.31. The summed E-state index contributed by atoms with van der Waals surface area (Å²) in [6, 6.07) is 5.81. The highest BCUT2D eigenvalue weighted by Crippen LogP contribution is 2.14. The number of carboxylic acids is 1. The van der Waals surface area contributed by atoms with Crippen LogP contribution in [0.4, 0.5) is 0 Å². The van der Waals surface area contributed by atoms with Gasteiger partial charge >= 0.3 is 5.97 Å².